The van der Waals surface area contributed by atoms with Gasteiger partial charge in [0.1, 0.15) is 4.83 Å². The van der Waals surface area contributed by atoms with Gasteiger partial charge in [-0.3, -0.25) is 0 Å². The van der Waals surface area contributed by atoms with E-state index in [2.05, 4.69) is 77.5 Å². The molecule has 0 spiro atoms. The Morgan fingerprint density at radius 2 is 1.62 bits per heavy atom. The number of nitrogens with zero attached hydrogens (tertiary/aromatic N) is 3. The van der Waals surface area contributed by atoms with Crippen LogP contribution in [0.25, 0.3) is 53.9 Å². The molecule has 0 unspecified atom stereocenters. The number of hydrogen-bond donors (Lipinski definition) is 0. The maximum Gasteiger partial charge on any atom is 0 e. The molecular weight excluding hydrogens is 939 g/mol. The van der Waals surface area contributed by atoms with Crippen molar-refractivity contribution in [2.75, 3.05) is 0 Å². The van der Waals surface area contributed by atoms with Crippen molar-refractivity contribution in [2.45, 2.75) is 96.2 Å². The minimum Gasteiger partial charge on any atom is 0 e. The van der Waals surface area contributed by atoms with E-state index < -0.39 is 31.9 Å². The summed E-state index contributed by atoms with van der Waals surface area (Å²) in [7, 11) is 0. The number of aryl methyl sites for hydroxylation is 1. The summed E-state index contributed by atoms with van der Waals surface area (Å²) in [5, 5.41) is 2.04. The van der Waals surface area contributed by atoms with Gasteiger partial charge in [-0.1, -0.05) is 85.7 Å². The molecular formula is C50H55GeIrN3S-2. The summed E-state index contributed by atoms with van der Waals surface area (Å²) in [6.07, 6.45) is 7.61. The third kappa shape index (κ3) is 9.28. The van der Waals surface area contributed by atoms with E-state index in [-0.39, 0.29) is 31.2 Å². The van der Waals surface area contributed by atoms with Crippen molar-refractivity contribution in [3.63, 3.8) is 0 Å². The molecule has 291 valence electrons. The normalized spacial score (nSPS) is 15.5. The SMILES string of the molecule is [2H]C([2H])([2H])c1ccc2c(n1)sc1c(-c3cc(C(C)(C)C4CCCC4)ccn3)[c-]cc(-c3ccccc3)c12.[2H]C([2H])(c1cc(-c2[c-]cccc2)nc[c]1[Ge]([CH3])([CH3])[CH3])C(C)(C)C.[Ir]. The van der Waals surface area contributed by atoms with Gasteiger partial charge in [-0.25, -0.2) is 4.98 Å². The Kier molecular flexibility index (Phi) is 10.9. The van der Waals surface area contributed by atoms with Gasteiger partial charge in [0.15, 0.2) is 0 Å². The molecule has 0 amide bonds. The van der Waals surface area contributed by atoms with Crippen molar-refractivity contribution in [3.05, 3.63) is 132 Å². The monoisotopic (exact) mass is 1000 g/mol. The first-order valence-electron chi connectivity index (χ1n) is 22.0. The van der Waals surface area contributed by atoms with Crippen LogP contribution >= 0.6 is 11.3 Å². The minimum absolute atomic E-state index is 0. The Morgan fingerprint density at radius 3 is 2.30 bits per heavy atom. The Labute approximate surface area is 362 Å². The quantitative estimate of drug-likeness (QED) is 0.118. The second-order valence-corrected chi connectivity index (χ2v) is 29.0. The van der Waals surface area contributed by atoms with Crippen LogP contribution in [0.1, 0.15) is 84.0 Å². The zero-order valence-electron chi connectivity index (χ0n) is 38.8. The zero-order valence-corrected chi connectivity index (χ0v) is 39.1. The van der Waals surface area contributed by atoms with Crippen molar-refractivity contribution in [3.8, 4) is 33.6 Å². The van der Waals surface area contributed by atoms with Gasteiger partial charge in [-0.15, -0.1) is 17.7 Å². The van der Waals surface area contributed by atoms with Crippen molar-refractivity contribution in [2.24, 2.45) is 11.3 Å². The summed E-state index contributed by atoms with van der Waals surface area (Å²) in [6, 6.07) is 36.7. The summed E-state index contributed by atoms with van der Waals surface area (Å²) in [4.78, 5) is 14.7. The molecule has 1 fully saturated rings. The summed E-state index contributed by atoms with van der Waals surface area (Å²) in [5.41, 5.74) is 7.54. The fourth-order valence-corrected chi connectivity index (χ4v) is 12.0. The molecule has 8 rings (SSSR count). The van der Waals surface area contributed by atoms with Gasteiger partial charge in [-0.05, 0) is 59.1 Å². The molecule has 4 aromatic heterocycles. The van der Waals surface area contributed by atoms with Crippen LogP contribution in [0.15, 0.2) is 103 Å². The molecule has 0 N–H and O–H groups in total. The van der Waals surface area contributed by atoms with Gasteiger partial charge in [-0.2, -0.15) is 11.3 Å². The molecule has 1 aliphatic carbocycles. The molecule has 56 heavy (non-hydrogen) atoms. The first-order valence-corrected chi connectivity index (χ1v) is 27.6. The standard InChI is InChI=1S/C31H29N2S.C19H26GeN.Ir/c1-20-13-14-26-28-24(21-9-5-4-6-10-21)15-16-25(29(28)34-30(26)33-20)27-19-23(17-18-32-27)31(2,3)22-11-7-8-12-22;1-19(2,3)13-16-12-18(15-10-8-7-9-11-15)21-14-17(16)20(4,5)6;/h4-6,9-10,13-15,17-19,22H,7-8,11-12H2,1-3H3;7-10,12,14H,13H2,1-6H3;/q2*-1;/i1D3;13D2;. The van der Waals surface area contributed by atoms with Crippen molar-refractivity contribution < 1.29 is 27.0 Å². The minimum atomic E-state index is -2.25. The molecule has 6 heteroatoms. The van der Waals surface area contributed by atoms with Gasteiger partial charge in [0.2, 0.25) is 0 Å². The molecule has 1 radical (unpaired) electrons. The second kappa shape index (κ2) is 17.2. The van der Waals surface area contributed by atoms with Crippen LogP contribution in [-0.2, 0) is 31.9 Å². The maximum absolute atomic E-state index is 8.76. The van der Waals surface area contributed by atoms with E-state index in [0.29, 0.717) is 5.92 Å². The topological polar surface area (TPSA) is 38.7 Å². The smallest absolute Gasteiger partial charge is 0 e. The fourth-order valence-electron chi connectivity index (χ4n) is 7.85. The number of fused-ring (bicyclic) bond motifs is 3. The molecule has 0 saturated heterocycles. The van der Waals surface area contributed by atoms with Gasteiger partial charge >= 0.3 is 135 Å². The number of benzene rings is 3. The molecule has 4 heterocycles. The van der Waals surface area contributed by atoms with Crippen LogP contribution in [0.4, 0.5) is 0 Å². The van der Waals surface area contributed by atoms with Gasteiger partial charge in [0.05, 0.1) is 0 Å². The number of aromatic nitrogens is 3. The van der Waals surface area contributed by atoms with Gasteiger partial charge < -0.3 is 4.98 Å². The van der Waals surface area contributed by atoms with Crippen LogP contribution in [0.5, 0.6) is 0 Å². The molecule has 0 bridgehead atoms. The third-order valence-corrected chi connectivity index (χ3v) is 16.2. The van der Waals surface area contributed by atoms with Crippen LogP contribution in [0.2, 0.25) is 17.3 Å². The Morgan fingerprint density at radius 1 is 0.875 bits per heavy atom. The maximum atomic E-state index is 8.76. The number of hydrogen-bond acceptors (Lipinski definition) is 4. The molecule has 3 aromatic carbocycles. The Hall–Kier alpha value is -3.48. The Balaban J connectivity index is 0.000000225. The van der Waals surface area contributed by atoms with Crippen molar-refractivity contribution in [1.82, 2.24) is 15.0 Å². The van der Waals surface area contributed by atoms with E-state index in [1.54, 1.807) is 6.07 Å². The van der Waals surface area contributed by atoms with Crippen molar-refractivity contribution >= 4 is 49.3 Å². The van der Waals surface area contributed by atoms with E-state index in [4.69, 9.17) is 11.8 Å². The third-order valence-electron chi connectivity index (χ3n) is 10.8. The summed E-state index contributed by atoms with van der Waals surface area (Å²) in [6.45, 7) is 8.35. The fraction of sp³-hybridized carbons (Fsp3) is 0.340. The number of pyridine rings is 3. The predicted octanol–water partition coefficient (Wildman–Crippen LogP) is 13.4. The zero-order chi connectivity index (χ0) is 43.3. The number of thiophene rings is 1. The molecule has 7 aromatic rings. The van der Waals surface area contributed by atoms with Gasteiger partial charge in [0, 0.05) is 41.5 Å². The van der Waals surface area contributed by atoms with Crippen LogP contribution < -0.4 is 4.40 Å². The van der Waals surface area contributed by atoms with Crippen molar-refractivity contribution in [1.29, 1.82) is 0 Å². The Bertz CT molecular complexity index is 2630. The largest absolute Gasteiger partial charge is 0 e. The second-order valence-electron chi connectivity index (χ2n) is 17.4. The predicted molar refractivity (Wildman–Crippen MR) is 239 cm³/mol. The van der Waals surface area contributed by atoms with E-state index >= 15 is 0 Å². The molecule has 0 atom stereocenters. The average Bonchev–Trinajstić information content (AvgIpc) is 3.90. The van der Waals surface area contributed by atoms with Gasteiger partial charge in [0.25, 0.3) is 0 Å². The number of rotatable bonds is 7. The molecule has 0 aliphatic heterocycles. The molecule has 1 saturated carbocycles. The molecule has 1 aliphatic rings. The van der Waals surface area contributed by atoms with Crippen LogP contribution in [-0.4, -0.2) is 28.2 Å². The van der Waals surface area contributed by atoms with E-state index in [9.17, 15) is 0 Å². The first kappa shape index (κ1) is 35.7. The van der Waals surface area contributed by atoms with E-state index in [0.717, 1.165) is 63.9 Å². The first-order chi connectivity index (χ1) is 28.2. The summed E-state index contributed by atoms with van der Waals surface area (Å²) < 4.78 is 43.2. The summed E-state index contributed by atoms with van der Waals surface area (Å²) >= 11 is -0.712. The van der Waals surface area contributed by atoms with Crippen LogP contribution in [0, 0.1) is 30.3 Å². The van der Waals surface area contributed by atoms with E-state index in [1.807, 2.05) is 93.8 Å². The van der Waals surface area contributed by atoms with Crippen LogP contribution in [0.3, 0.4) is 0 Å². The average molecular weight is 1000 g/mol. The summed E-state index contributed by atoms with van der Waals surface area (Å²) in [5.74, 6) is 7.54. The molecule has 3 nitrogen and oxygen atoms in total. The van der Waals surface area contributed by atoms with E-state index in [1.165, 1.54) is 42.6 Å².